The topological polar surface area (TPSA) is 0 Å². The van der Waals surface area contributed by atoms with Gasteiger partial charge in [-0.3, -0.25) is 0 Å². The second-order valence-electron chi connectivity index (χ2n) is 14.9. The van der Waals surface area contributed by atoms with Crippen molar-refractivity contribution in [2.24, 2.45) is 0 Å². The van der Waals surface area contributed by atoms with Crippen molar-refractivity contribution in [1.29, 1.82) is 0 Å². The predicted octanol–water partition coefficient (Wildman–Crippen LogP) is 11.3. The molecule has 1 spiro atoms. The molecule has 0 radical (unpaired) electrons. The van der Waals surface area contributed by atoms with E-state index >= 15 is 0 Å². The molecule has 1 heteroatoms. The van der Waals surface area contributed by atoms with Crippen molar-refractivity contribution in [3.05, 3.63) is 144 Å². The first-order valence-corrected chi connectivity index (χ1v) is 19.8. The van der Waals surface area contributed by atoms with Crippen molar-refractivity contribution in [2.75, 3.05) is 0 Å². The van der Waals surface area contributed by atoms with Crippen LogP contribution in [-0.2, 0) is 5.41 Å². The second-order valence-corrected chi connectivity index (χ2v) is 19.1. The minimum atomic E-state index is -1.65. The van der Waals surface area contributed by atoms with E-state index in [1.54, 1.807) is 10.4 Å². The highest BCUT2D eigenvalue weighted by atomic mass is 28.3. The van der Waals surface area contributed by atoms with E-state index in [4.69, 9.17) is 0 Å². The van der Waals surface area contributed by atoms with Crippen LogP contribution in [0.5, 0.6) is 0 Å². The molecule has 0 N–H and O–H groups in total. The fraction of sp³-hybridized carbons (Fsp3) is 0.174. The van der Waals surface area contributed by atoms with Gasteiger partial charge in [0.25, 0.3) is 0 Å². The summed E-state index contributed by atoms with van der Waals surface area (Å²) in [6, 6.07) is 52.3. The van der Waals surface area contributed by atoms with E-state index in [0.29, 0.717) is 0 Å². The first-order valence-electron chi connectivity index (χ1n) is 17.4. The standard InChI is InChI=1S/C46H38Si/c1-29-18-21-36-39(26-29)45(30-19-22-41-37(27-30)32-12-6-8-16-40(32)46(41,2)3)35-15-5-4-14-34(35)44(36)31-20-23-43-38(28-31)33-13-7-9-17-42(33)47(43)24-10-11-25-47/h4-9,12-23,26-28H,10-11,24-25H2,1-3H3. The maximum atomic E-state index is 2.56. The van der Waals surface area contributed by atoms with E-state index in [0.717, 1.165) is 0 Å². The Balaban J connectivity index is 1.25. The van der Waals surface area contributed by atoms with Gasteiger partial charge in [-0.2, -0.15) is 0 Å². The summed E-state index contributed by atoms with van der Waals surface area (Å²) >= 11 is 0. The zero-order valence-corrected chi connectivity index (χ0v) is 28.5. The van der Waals surface area contributed by atoms with Crippen LogP contribution in [0.2, 0.25) is 12.1 Å². The average Bonchev–Trinajstić information content (AvgIpc) is 3.76. The molecule has 1 fully saturated rings. The molecule has 1 aliphatic carbocycles. The molecule has 3 aliphatic rings. The predicted molar refractivity (Wildman–Crippen MR) is 204 cm³/mol. The normalized spacial score (nSPS) is 16.4. The van der Waals surface area contributed by atoms with Gasteiger partial charge >= 0.3 is 0 Å². The molecule has 2 heterocycles. The van der Waals surface area contributed by atoms with Gasteiger partial charge in [0.15, 0.2) is 0 Å². The molecule has 0 aromatic heterocycles. The first kappa shape index (κ1) is 27.4. The third-order valence-corrected chi connectivity index (χ3v) is 17.4. The second kappa shape index (κ2) is 9.66. The fourth-order valence-electron chi connectivity index (χ4n) is 9.93. The highest BCUT2D eigenvalue weighted by molar-refractivity contribution is 7.06. The van der Waals surface area contributed by atoms with Crippen molar-refractivity contribution >= 4 is 40.0 Å². The van der Waals surface area contributed by atoms with Gasteiger partial charge in [-0.05, 0) is 119 Å². The highest BCUT2D eigenvalue weighted by Gasteiger charge is 2.47. The lowest BCUT2D eigenvalue weighted by Gasteiger charge is -2.24. The molecule has 0 atom stereocenters. The van der Waals surface area contributed by atoms with Crippen LogP contribution in [0, 0.1) is 6.92 Å². The number of fused-ring (bicyclic) bond motifs is 10. The van der Waals surface area contributed by atoms with E-state index in [1.807, 2.05) is 0 Å². The zero-order chi connectivity index (χ0) is 31.5. The van der Waals surface area contributed by atoms with E-state index in [2.05, 4.69) is 148 Å². The Hall–Kier alpha value is -4.72. The van der Waals surface area contributed by atoms with Gasteiger partial charge in [0.1, 0.15) is 8.07 Å². The molecule has 0 unspecified atom stereocenters. The van der Waals surface area contributed by atoms with Gasteiger partial charge < -0.3 is 0 Å². The lowest BCUT2D eigenvalue weighted by Crippen LogP contribution is -2.52. The van der Waals surface area contributed by atoms with Gasteiger partial charge in [0, 0.05) is 5.41 Å². The number of hydrogen-bond acceptors (Lipinski definition) is 0. The zero-order valence-electron chi connectivity index (χ0n) is 27.5. The number of aryl methyl sites for hydroxylation is 1. The van der Waals surface area contributed by atoms with Crippen molar-refractivity contribution in [3.63, 3.8) is 0 Å². The molecule has 7 aromatic rings. The van der Waals surface area contributed by atoms with Gasteiger partial charge in [0.2, 0.25) is 0 Å². The Morgan fingerprint density at radius 2 is 1.04 bits per heavy atom. The molecule has 1 saturated heterocycles. The van der Waals surface area contributed by atoms with Crippen LogP contribution in [0.15, 0.2) is 127 Å². The number of hydrogen-bond donors (Lipinski definition) is 0. The van der Waals surface area contributed by atoms with Crippen molar-refractivity contribution in [3.8, 4) is 44.5 Å². The molecule has 0 nitrogen and oxygen atoms in total. The SMILES string of the molecule is Cc1ccc2c(-c3ccc4c(c3)-c3ccccc3[Si]43CCCC3)c3ccccc3c(-c3ccc4c(c3)-c3ccccc3C4(C)C)c2c1. The lowest BCUT2D eigenvalue weighted by molar-refractivity contribution is 0.660. The molecule has 2 aliphatic heterocycles. The molecule has 7 aromatic carbocycles. The molecule has 47 heavy (non-hydrogen) atoms. The van der Waals surface area contributed by atoms with Crippen LogP contribution in [0.25, 0.3) is 66.1 Å². The van der Waals surface area contributed by atoms with E-state index in [1.165, 1.54) is 108 Å². The third-order valence-electron chi connectivity index (χ3n) is 12.1. The smallest absolute Gasteiger partial charge is 0.0623 e. The fourth-order valence-corrected chi connectivity index (χ4v) is 15.5. The van der Waals surface area contributed by atoms with Crippen molar-refractivity contribution in [2.45, 2.75) is 51.1 Å². The first-order chi connectivity index (χ1) is 23.0. The van der Waals surface area contributed by atoms with Gasteiger partial charge in [-0.15, -0.1) is 0 Å². The molecule has 0 amide bonds. The Morgan fingerprint density at radius 1 is 0.468 bits per heavy atom. The Kier molecular flexibility index (Phi) is 5.63. The summed E-state index contributed by atoms with van der Waals surface area (Å²) in [5.74, 6) is 0. The van der Waals surface area contributed by atoms with Crippen molar-refractivity contribution in [1.82, 2.24) is 0 Å². The van der Waals surface area contributed by atoms with Gasteiger partial charge in [-0.25, -0.2) is 0 Å². The van der Waals surface area contributed by atoms with Crippen LogP contribution in [-0.4, -0.2) is 8.07 Å². The minimum Gasteiger partial charge on any atom is -0.0623 e. The molecule has 226 valence electrons. The van der Waals surface area contributed by atoms with Crippen LogP contribution in [0.4, 0.5) is 0 Å². The molecular formula is C46H38Si. The highest BCUT2D eigenvalue weighted by Crippen LogP contribution is 2.51. The molecule has 10 rings (SSSR count). The van der Waals surface area contributed by atoms with Crippen LogP contribution in [0.1, 0.15) is 43.4 Å². The van der Waals surface area contributed by atoms with Gasteiger partial charge in [-0.1, -0.05) is 148 Å². The molecule has 0 bridgehead atoms. The minimum absolute atomic E-state index is 0.00115. The summed E-state index contributed by atoms with van der Waals surface area (Å²) in [6.45, 7) is 6.97. The number of rotatable bonds is 2. The van der Waals surface area contributed by atoms with Crippen LogP contribution in [0.3, 0.4) is 0 Å². The van der Waals surface area contributed by atoms with Gasteiger partial charge in [0.05, 0.1) is 0 Å². The Morgan fingerprint density at radius 3 is 1.83 bits per heavy atom. The summed E-state index contributed by atoms with van der Waals surface area (Å²) in [6.07, 6.45) is 2.76. The largest absolute Gasteiger partial charge is 0.119 e. The summed E-state index contributed by atoms with van der Waals surface area (Å²) in [5.41, 5.74) is 15.2. The van der Waals surface area contributed by atoms with E-state index in [-0.39, 0.29) is 5.41 Å². The van der Waals surface area contributed by atoms with Crippen LogP contribution < -0.4 is 10.4 Å². The summed E-state index contributed by atoms with van der Waals surface area (Å²) in [7, 11) is -1.65. The molecule has 0 saturated carbocycles. The third kappa shape index (κ3) is 3.64. The maximum absolute atomic E-state index is 2.56. The Bertz CT molecular complexity index is 2450. The molecular weight excluding hydrogens is 581 g/mol. The summed E-state index contributed by atoms with van der Waals surface area (Å²) in [5, 5.41) is 8.71. The summed E-state index contributed by atoms with van der Waals surface area (Å²) in [4.78, 5) is 0. The lowest BCUT2D eigenvalue weighted by atomic mass is 9.81. The number of benzene rings is 7. The quantitative estimate of drug-likeness (QED) is 0.134. The summed E-state index contributed by atoms with van der Waals surface area (Å²) < 4.78 is 0. The Labute approximate surface area is 278 Å². The van der Waals surface area contributed by atoms with E-state index in [9.17, 15) is 0 Å². The van der Waals surface area contributed by atoms with Crippen molar-refractivity contribution < 1.29 is 0 Å². The maximum Gasteiger partial charge on any atom is 0.119 e. The monoisotopic (exact) mass is 618 g/mol. The van der Waals surface area contributed by atoms with E-state index < -0.39 is 8.07 Å². The van der Waals surface area contributed by atoms with Crippen LogP contribution >= 0.6 is 0 Å². The average molecular weight is 619 g/mol.